The van der Waals surface area contributed by atoms with Crippen LogP contribution in [0, 0.1) is 0 Å². The molecule has 88 valence electrons. The molecule has 15 heavy (non-hydrogen) atoms. The van der Waals surface area contributed by atoms with Crippen LogP contribution < -0.4 is 11.3 Å². The number of likely N-dealkylation sites (N-methyl/N-ethyl adjacent to an activating group) is 1. The Kier molecular flexibility index (Phi) is 4.84. The van der Waals surface area contributed by atoms with E-state index in [1.54, 1.807) is 7.11 Å². The summed E-state index contributed by atoms with van der Waals surface area (Å²) in [6, 6.07) is 0.758. The molecule has 1 fully saturated rings. The molecule has 5 nitrogen and oxygen atoms in total. The van der Waals surface area contributed by atoms with Crippen LogP contribution in [0.15, 0.2) is 4.99 Å². The van der Waals surface area contributed by atoms with Crippen LogP contribution in [0.2, 0.25) is 0 Å². The third kappa shape index (κ3) is 3.68. The van der Waals surface area contributed by atoms with E-state index in [-0.39, 0.29) is 6.04 Å². The van der Waals surface area contributed by atoms with Crippen LogP contribution in [0.3, 0.4) is 0 Å². The first-order valence-corrected chi connectivity index (χ1v) is 5.52. The van der Waals surface area contributed by atoms with Gasteiger partial charge < -0.3 is 9.64 Å². The van der Waals surface area contributed by atoms with Gasteiger partial charge in [-0.2, -0.15) is 0 Å². The van der Waals surface area contributed by atoms with Crippen LogP contribution in [-0.4, -0.2) is 43.2 Å². The van der Waals surface area contributed by atoms with E-state index in [4.69, 9.17) is 10.6 Å². The number of nitrogens with zero attached hydrogens (tertiary/aromatic N) is 2. The number of guanidine groups is 1. The highest BCUT2D eigenvalue weighted by Crippen LogP contribution is 2.23. The van der Waals surface area contributed by atoms with Crippen molar-refractivity contribution in [3.05, 3.63) is 0 Å². The van der Waals surface area contributed by atoms with Crippen molar-refractivity contribution in [3.8, 4) is 0 Å². The Bertz CT molecular complexity index is 215. The summed E-state index contributed by atoms with van der Waals surface area (Å²) in [5.74, 6) is 6.28. The molecule has 0 bridgehead atoms. The molecule has 0 aromatic heterocycles. The minimum atomic E-state index is 0.286. The predicted octanol–water partition coefficient (Wildman–Crippen LogP) is 0.325. The van der Waals surface area contributed by atoms with Gasteiger partial charge in [0, 0.05) is 13.7 Å². The van der Waals surface area contributed by atoms with E-state index in [1.165, 1.54) is 12.8 Å². The van der Waals surface area contributed by atoms with E-state index in [0.29, 0.717) is 12.6 Å². The average Bonchev–Trinajstić information content (AvgIpc) is 3.01. The maximum atomic E-state index is 5.50. The van der Waals surface area contributed by atoms with Crippen LogP contribution >= 0.6 is 0 Å². The fourth-order valence-corrected chi connectivity index (χ4v) is 1.57. The zero-order valence-electron chi connectivity index (χ0n) is 9.86. The van der Waals surface area contributed by atoms with Crippen molar-refractivity contribution in [2.75, 3.05) is 20.3 Å². The highest BCUT2D eigenvalue weighted by Gasteiger charge is 2.24. The number of hydrogen-bond acceptors (Lipinski definition) is 3. The monoisotopic (exact) mass is 214 g/mol. The van der Waals surface area contributed by atoms with E-state index >= 15 is 0 Å². The quantitative estimate of drug-likeness (QED) is 0.299. The maximum absolute atomic E-state index is 5.50. The molecule has 0 heterocycles. The van der Waals surface area contributed by atoms with E-state index in [2.05, 4.69) is 29.2 Å². The lowest BCUT2D eigenvalue weighted by Gasteiger charge is -2.30. The largest absolute Gasteiger partial charge is 0.383 e. The van der Waals surface area contributed by atoms with Gasteiger partial charge in [-0.3, -0.25) is 5.43 Å². The molecule has 1 rings (SSSR count). The molecule has 0 aromatic rings. The van der Waals surface area contributed by atoms with E-state index < -0.39 is 0 Å². The van der Waals surface area contributed by atoms with Crippen molar-refractivity contribution < 1.29 is 4.74 Å². The third-order valence-electron chi connectivity index (χ3n) is 2.53. The van der Waals surface area contributed by atoms with Crippen molar-refractivity contribution in [2.45, 2.75) is 38.8 Å². The molecular weight excluding hydrogens is 192 g/mol. The first-order valence-electron chi connectivity index (χ1n) is 5.52. The van der Waals surface area contributed by atoms with Gasteiger partial charge in [0.25, 0.3) is 0 Å². The molecule has 1 aliphatic carbocycles. The first kappa shape index (κ1) is 12.3. The Hall–Kier alpha value is -0.810. The summed E-state index contributed by atoms with van der Waals surface area (Å²) in [4.78, 5) is 6.66. The normalized spacial score (nSPS) is 18.8. The first-order chi connectivity index (χ1) is 7.22. The summed E-state index contributed by atoms with van der Waals surface area (Å²) in [5, 5.41) is 0. The highest BCUT2D eigenvalue weighted by molar-refractivity contribution is 5.80. The van der Waals surface area contributed by atoms with Crippen molar-refractivity contribution in [1.29, 1.82) is 0 Å². The van der Waals surface area contributed by atoms with Gasteiger partial charge in [-0.25, -0.2) is 10.8 Å². The Morgan fingerprint density at radius 3 is 2.73 bits per heavy atom. The molecule has 1 saturated carbocycles. The number of nitrogens with one attached hydrogen (secondary N) is 1. The molecule has 0 saturated heterocycles. The number of methoxy groups -OCH3 is 1. The van der Waals surface area contributed by atoms with Crippen molar-refractivity contribution in [3.63, 3.8) is 0 Å². The molecule has 1 aliphatic rings. The smallest absolute Gasteiger partial charge is 0.208 e. The number of nitrogens with two attached hydrogens (primary N) is 1. The SMILES string of the molecule is CCN(C(=NC1CC1)NN)C(C)COC. The lowest BCUT2D eigenvalue weighted by Crippen LogP contribution is -2.50. The molecule has 1 unspecified atom stereocenters. The van der Waals surface area contributed by atoms with Crippen molar-refractivity contribution in [1.82, 2.24) is 10.3 Å². The predicted molar refractivity (Wildman–Crippen MR) is 61.5 cm³/mol. The number of hydrazine groups is 1. The number of hydrogen-bond donors (Lipinski definition) is 2. The topological polar surface area (TPSA) is 62.9 Å². The van der Waals surface area contributed by atoms with E-state index in [1.807, 2.05) is 0 Å². The minimum Gasteiger partial charge on any atom is -0.383 e. The van der Waals surface area contributed by atoms with Gasteiger partial charge in [0.1, 0.15) is 0 Å². The lowest BCUT2D eigenvalue weighted by atomic mass is 10.3. The molecule has 3 N–H and O–H groups in total. The molecule has 0 spiro atoms. The summed E-state index contributed by atoms with van der Waals surface area (Å²) >= 11 is 0. The summed E-state index contributed by atoms with van der Waals surface area (Å²) in [6.07, 6.45) is 2.36. The van der Waals surface area contributed by atoms with Gasteiger partial charge in [0.15, 0.2) is 0 Å². The highest BCUT2D eigenvalue weighted by atomic mass is 16.5. The second-order valence-corrected chi connectivity index (χ2v) is 3.92. The molecule has 0 aliphatic heterocycles. The van der Waals surface area contributed by atoms with Crippen LogP contribution in [0.1, 0.15) is 26.7 Å². The van der Waals surface area contributed by atoms with Gasteiger partial charge in [0.05, 0.1) is 18.7 Å². The summed E-state index contributed by atoms with van der Waals surface area (Å²) in [7, 11) is 1.71. The molecule has 0 aromatic carbocycles. The van der Waals surface area contributed by atoms with Gasteiger partial charge in [0.2, 0.25) is 5.96 Å². The minimum absolute atomic E-state index is 0.286. The van der Waals surface area contributed by atoms with Crippen LogP contribution in [0.5, 0.6) is 0 Å². The van der Waals surface area contributed by atoms with Crippen LogP contribution in [-0.2, 0) is 4.74 Å². The summed E-state index contributed by atoms with van der Waals surface area (Å²) in [6.45, 7) is 5.75. The van der Waals surface area contributed by atoms with Gasteiger partial charge >= 0.3 is 0 Å². The molecule has 0 radical (unpaired) electrons. The molecule has 5 heteroatoms. The second kappa shape index (κ2) is 5.92. The zero-order valence-corrected chi connectivity index (χ0v) is 9.86. The molecule has 0 amide bonds. The zero-order chi connectivity index (χ0) is 11.3. The standard InChI is InChI=1S/C10H22N4O/c1-4-14(8(2)7-15-3)10(13-11)12-9-5-6-9/h8-9H,4-7,11H2,1-3H3,(H,12,13). The van der Waals surface area contributed by atoms with Gasteiger partial charge in [-0.05, 0) is 26.7 Å². The lowest BCUT2D eigenvalue weighted by molar-refractivity contribution is 0.136. The number of rotatable bonds is 5. The van der Waals surface area contributed by atoms with Gasteiger partial charge in [-0.15, -0.1) is 0 Å². The van der Waals surface area contributed by atoms with Crippen molar-refractivity contribution in [2.24, 2.45) is 10.8 Å². The van der Waals surface area contributed by atoms with E-state index in [0.717, 1.165) is 12.5 Å². The average molecular weight is 214 g/mol. The van der Waals surface area contributed by atoms with E-state index in [9.17, 15) is 0 Å². The Balaban J connectivity index is 2.60. The van der Waals surface area contributed by atoms with Gasteiger partial charge in [-0.1, -0.05) is 0 Å². The fourth-order valence-electron chi connectivity index (χ4n) is 1.57. The Morgan fingerprint density at radius 1 is 1.67 bits per heavy atom. The molecule has 1 atom stereocenters. The van der Waals surface area contributed by atoms with Crippen LogP contribution in [0.25, 0.3) is 0 Å². The second-order valence-electron chi connectivity index (χ2n) is 3.92. The number of aliphatic imine (C=N–C) groups is 1. The van der Waals surface area contributed by atoms with Crippen LogP contribution in [0.4, 0.5) is 0 Å². The maximum Gasteiger partial charge on any atom is 0.208 e. The number of ether oxygens (including phenoxy) is 1. The fraction of sp³-hybridized carbons (Fsp3) is 0.900. The molecular formula is C10H22N4O. The summed E-state index contributed by atoms with van der Waals surface area (Å²) in [5.41, 5.74) is 2.68. The van der Waals surface area contributed by atoms with Crippen molar-refractivity contribution >= 4 is 5.96 Å². The Labute approximate surface area is 91.6 Å². The third-order valence-corrected chi connectivity index (χ3v) is 2.53. The summed E-state index contributed by atoms with van der Waals surface area (Å²) < 4.78 is 5.14. The Morgan fingerprint density at radius 2 is 2.33 bits per heavy atom.